The van der Waals surface area contributed by atoms with Crippen molar-refractivity contribution in [3.8, 4) is 0 Å². The third kappa shape index (κ3) is 3.47. The lowest BCUT2D eigenvalue weighted by Crippen LogP contribution is -2.45. The van der Waals surface area contributed by atoms with E-state index in [1.165, 1.54) is 6.07 Å². The van der Waals surface area contributed by atoms with Crippen molar-refractivity contribution < 1.29 is 4.39 Å². The number of rotatable bonds is 3. The van der Waals surface area contributed by atoms with E-state index in [0.717, 1.165) is 36.6 Å². The molecule has 0 radical (unpaired) electrons. The smallest absolute Gasteiger partial charge is 0.129 e. The first-order valence-electron chi connectivity index (χ1n) is 7.11. The highest BCUT2D eigenvalue weighted by Crippen LogP contribution is 2.38. The van der Waals surface area contributed by atoms with Gasteiger partial charge in [-0.25, -0.2) is 4.39 Å². The molecule has 1 aromatic carbocycles. The van der Waals surface area contributed by atoms with Gasteiger partial charge in [-0.2, -0.15) is 0 Å². The average Bonchev–Trinajstić information content (AvgIpc) is 3.02. The van der Waals surface area contributed by atoms with Crippen LogP contribution in [-0.4, -0.2) is 31.1 Å². The fraction of sp³-hybridized carbons (Fsp3) is 0.375. The van der Waals surface area contributed by atoms with Gasteiger partial charge in [-0.3, -0.25) is 4.90 Å². The Morgan fingerprint density at radius 2 is 2.00 bits per heavy atom. The molecule has 0 unspecified atom stereocenters. The molecule has 22 heavy (non-hydrogen) atoms. The summed E-state index contributed by atoms with van der Waals surface area (Å²) in [7, 11) is 0. The summed E-state index contributed by atoms with van der Waals surface area (Å²) in [5.41, 5.74) is 1.53. The summed E-state index contributed by atoms with van der Waals surface area (Å²) in [6.45, 7) is 5.56. The molecule has 2 aromatic rings. The van der Waals surface area contributed by atoms with Gasteiger partial charge in [0.25, 0.3) is 0 Å². The number of nitrogens with one attached hydrogen (secondary N) is 1. The van der Waals surface area contributed by atoms with E-state index in [1.54, 1.807) is 17.4 Å². The molecule has 1 atom stereocenters. The molecule has 1 aliphatic heterocycles. The average molecular weight is 361 g/mol. The van der Waals surface area contributed by atoms with E-state index >= 15 is 0 Å². The van der Waals surface area contributed by atoms with Crippen LogP contribution in [0.1, 0.15) is 22.0 Å². The summed E-state index contributed by atoms with van der Waals surface area (Å²) in [5, 5.41) is 5.92. The van der Waals surface area contributed by atoms with Crippen molar-refractivity contribution in [1.29, 1.82) is 0 Å². The zero-order valence-corrected chi connectivity index (χ0v) is 14.7. The van der Waals surface area contributed by atoms with Crippen LogP contribution in [0.4, 0.5) is 4.39 Å². The number of benzene rings is 1. The van der Waals surface area contributed by atoms with E-state index in [1.807, 2.05) is 18.4 Å². The molecule has 0 aliphatic carbocycles. The van der Waals surface area contributed by atoms with Gasteiger partial charge in [0.05, 0.1) is 11.1 Å². The van der Waals surface area contributed by atoms with Crippen LogP contribution in [0.25, 0.3) is 0 Å². The Bertz CT molecular complexity index is 613. The van der Waals surface area contributed by atoms with Gasteiger partial charge in [-0.15, -0.1) is 23.7 Å². The molecule has 0 amide bonds. The van der Waals surface area contributed by atoms with Crippen LogP contribution in [-0.2, 0) is 0 Å². The number of piperazine rings is 1. The SMILES string of the molecule is Cc1ccc(F)c([C@@H](c2cccs2)N2CCNCC2)c1Cl.Cl. The second-order valence-electron chi connectivity index (χ2n) is 5.30. The van der Waals surface area contributed by atoms with Crippen molar-refractivity contribution in [2.24, 2.45) is 0 Å². The highest BCUT2D eigenvalue weighted by Gasteiger charge is 2.29. The first kappa shape index (κ1) is 17.7. The minimum atomic E-state index is -0.220. The van der Waals surface area contributed by atoms with Crippen LogP contribution in [0.3, 0.4) is 0 Å². The zero-order chi connectivity index (χ0) is 14.8. The summed E-state index contributed by atoms with van der Waals surface area (Å²) >= 11 is 8.11. The number of thiophene rings is 1. The van der Waals surface area contributed by atoms with Crippen molar-refractivity contribution in [3.63, 3.8) is 0 Å². The summed E-state index contributed by atoms with van der Waals surface area (Å²) in [6, 6.07) is 7.25. The maximum Gasteiger partial charge on any atom is 0.129 e. The van der Waals surface area contributed by atoms with Crippen molar-refractivity contribution in [2.75, 3.05) is 26.2 Å². The molecule has 1 N–H and O–H groups in total. The van der Waals surface area contributed by atoms with E-state index in [2.05, 4.69) is 16.3 Å². The molecule has 1 fully saturated rings. The van der Waals surface area contributed by atoms with Gasteiger partial charge in [0.15, 0.2) is 0 Å². The standard InChI is InChI=1S/C16H18ClFN2S.ClH/c1-11-4-5-12(18)14(15(11)17)16(13-3-2-10-21-13)20-8-6-19-7-9-20;/h2-5,10,16,19H,6-9H2,1H3;1H/t16-;/m1./s1. The highest BCUT2D eigenvalue weighted by atomic mass is 35.5. The van der Waals surface area contributed by atoms with E-state index in [0.29, 0.717) is 10.6 Å². The second kappa shape index (κ2) is 7.75. The minimum absolute atomic E-state index is 0. The Labute approximate surface area is 145 Å². The molecule has 0 saturated carbocycles. The van der Waals surface area contributed by atoms with Crippen molar-refractivity contribution >= 4 is 35.3 Å². The molecular formula is C16H19Cl2FN2S. The maximum atomic E-state index is 14.5. The number of nitrogens with zero attached hydrogens (tertiary/aromatic N) is 1. The summed E-state index contributed by atoms with van der Waals surface area (Å²) < 4.78 is 14.5. The van der Waals surface area contributed by atoms with E-state index in [9.17, 15) is 4.39 Å². The summed E-state index contributed by atoms with van der Waals surface area (Å²) in [5.74, 6) is -0.220. The first-order valence-corrected chi connectivity index (χ1v) is 8.37. The van der Waals surface area contributed by atoms with Crippen LogP contribution in [0.15, 0.2) is 29.6 Å². The van der Waals surface area contributed by atoms with Crippen molar-refractivity contribution in [2.45, 2.75) is 13.0 Å². The zero-order valence-electron chi connectivity index (χ0n) is 12.3. The molecular weight excluding hydrogens is 342 g/mol. The molecule has 1 aromatic heterocycles. The molecule has 2 heterocycles. The van der Waals surface area contributed by atoms with Crippen LogP contribution in [0.2, 0.25) is 5.02 Å². The van der Waals surface area contributed by atoms with Crippen LogP contribution in [0, 0.1) is 12.7 Å². The molecule has 0 bridgehead atoms. The summed E-state index contributed by atoms with van der Waals surface area (Å²) in [4.78, 5) is 3.45. The van der Waals surface area contributed by atoms with Gasteiger partial charge in [0.1, 0.15) is 5.82 Å². The largest absolute Gasteiger partial charge is 0.314 e. The minimum Gasteiger partial charge on any atom is -0.314 e. The van der Waals surface area contributed by atoms with Gasteiger partial charge in [0, 0.05) is 36.6 Å². The molecule has 1 aliphatic rings. The topological polar surface area (TPSA) is 15.3 Å². The van der Waals surface area contributed by atoms with Crippen LogP contribution < -0.4 is 5.32 Å². The molecule has 3 rings (SSSR count). The monoisotopic (exact) mass is 360 g/mol. The number of hydrogen-bond donors (Lipinski definition) is 1. The molecule has 0 spiro atoms. The van der Waals surface area contributed by atoms with Gasteiger partial charge in [-0.1, -0.05) is 23.7 Å². The Balaban J connectivity index is 0.00000176. The number of aryl methyl sites for hydroxylation is 1. The quantitative estimate of drug-likeness (QED) is 0.879. The molecule has 120 valence electrons. The lowest BCUT2D eigenvalue weighted by Gasteiger charge is -2.35. The van der Waals surface area contributed by atoms with Crippen molar-refractivity contribution in [3.05, 3.63) is 56.5 Å². The van der Waals surface area contributed by atoms with Gasteiger partial charge in [0.2, 0.25) is 0 Å². The predicted molar refractivity (Wildman–Crippen MR) is 94.0 cm³/mol. The number of halogens is 3. The second-order valence-corrected chi connectivity index (χ2v) is 6.65. The predicted octanol–water partition coefficient (Wildman–Crippen LogP) is 4.27. The van der Waals surface area contributed by atoms with E-state index < -0.39 is 0 Å². The van der Waals surface area contributed by atoms with Crippen LogP contribution >= 0.6 is 35.3 Å². The fourth-order valence-corrected chi connectivity index (χ4v) is 3.94. The lowest BCUT2D eigenvalue weighted by molar-refractivity contribution is 0.197. The maximum absolute atomic E-state index is 14.5. The van der Waals surface area contributed by atoms with E-state index in [4.69, 9.17) is 11.6 Å². The van der Waals surface area contributed by atoms with Crippen LogP contribution in [0.5, 0.6) is 0 Å². The summed E-state index contributed by atoms with van der Waals surface area (Å²) in [6.07, 6.45) is 0. The van der Waals surface area contributed by atoms with Gasteiger partial charge < -0.3 is 5.32 Å². The molecule has 2 nitrogen and oxygen atoms in total. The third-order valence-corrected chi connectivity index (χ3v) is 5.35. The normalized spacial score (nSPS) is 17.0. The third-order valence-electron chi connectivity index (χ3n) is 3.92. The highest BCUT2D eigenvalue weighted by molar-refractivity contribution is 7.10. The Kier molecular flexibility index (Phi) is 6.24. The molecule has 6 heteroatoms. The Morgan fingerprint density at radius 1 is 1.27 bits per heavy atom. The lowest BCUT2D eigenvalue weighted by atomic mass is 9.99. The Hall–Kier alpha value is -0.650. The fourth-order valence-electron chi connectivity index (χ4n) is 2.82. The van der Waals surface area contributed by atoms with Gasteiger partial charge >= 0.3 is 0 Å². The Morgan fingerprint density at radius 3 is 2.64 bits per heavy atom. The molecule has 1 saturated heterocycles. The van der Waals surface area contributed by atoms with Crippen molar-refractivity contribution in [1.82, 2.24) is 10.2 Å². The first-order chi connectivity index (χ1) is 10.2. The number of hydrogen-bond acceptors (Lipinski definition) is 3. The van der Waals surface area contributed by atoms with Gasteiger partial charge in [-0.05, 0) is 30.0 Å². The van der Waals surface area contributed by atoms with E-state index in [-0.39, 0.29) is 24.3 Å².